The first kappa shape index (κ1) is 23.6. The van der Waals surface area contributed by atoms with Gasteiger partial charge in [-0.25, -0.2) is 14.8 Å². The van der Waals surface area contributed by atoms with Gasteiger partial charge in [-0.3, -0.25) is 4.90 Å². The van der Waals surface area contributed by atoms with Crippen LogP contribution in [0.3, 0.4) is 0 Å². The number of benzene rings is 1. The van der Waals surface area contributed by atoms with Crippen LogP contribution in [0.1, 0.15) is 5.82 Å². The molecular weight excluding hydrogens is 453 g/mol. The molecule has 1 fully saturated rings. The number of alkyl halides is 3. The van der Waals surface area contributed by atoms with Gasteiger partial charge in [-0.2, -0.15) is 13.2 Å². The lowest BCUT2D eigenvalue weighted by Gasteiger charge is -2.34. The Morgan fingerprint density at radius 1 is 1.09 bits per heavy atom. The van der Waals surface area contributed by atoms with E-state index in [0.717, 1.165) is 4.57 Å². The van der Waals surface area contributed by atoms with Crippen molar-refractivity contribution in [1.29, 1.82) is 0 Å². The van der Waals surface area contributed by atoms with Gasteiger partial charge in [-0.1, -0.05) is 0 Å². The van der Waals surface area contributed by atoms with E-state index in [-0.39, 0.29) is 23.7 Å². The van der Waals surface area contributed by atoms with Crippen LogP contribution in [0.25, 0.3) is 11.2 Å². The Balaban J connectivity index is 1.36. The molecule has 1 aliphatic rings. The maximum Gasteiger partial charge on any atom is 0.449 e. The van der Waals surface area contributed by atoms with Gasteiger partial charge < -0.3 is 24.3 Å². The van der Waals surface area contributed by atoms with Crippen molar-refractivity contribution >= 4 is 22.9 Å². The number of halogens is 3. The van der Waals surface area contributed by atoms with E-state index < -0.39 is 12.0 Å². The van der Waals surface area contributed by atoms with E-state index in [0.29, 0.717) is 49.9 Å². The van der Waals surface area contributed by atoms with Crippen molar-refractivity contribution in [2.45, 2.75) is 12.7 Å². The third-order valence-corrected chi connectivity index (χ3v) is 5.70. The molecule has 0 saturated carbocycles. The maximum absolute atomic E-state index is 13.5. The van der Waals surface area contributed by atoms with E-state index in [1.165, 1.54) is 26.5 Å². The molecule has 0 bridgehead atoms. The van der Waals surface area contributed by atoms with Crippen molar-refractivity contribution in [2.75, 3.05) is 52.3 Å². The zero-order valence-corrected chi connectivity index (χ0v) is 18.8. The van der Waals surface area contributed by atoms with Crippen LogP contribution in [-0.2, 0) is 12.7 Å². The van der Waals surface area contributed by atoms with Crippen LogP contribution in [0.15, 0.2) is 36.5 Å². The predicted octanol–water partition coefficient (Wildman–Crippen LogP) is 3.32. The maximum atomic E-state index is 13.5. The second-order valence-corrected chi connectivity index (χ2v) is 7.76. The molecule has 2 aromatic heterocycles. The van der Waals surface area contributed by atoms with E-state index in [1.807, 2.05) is 4.90 Å². The summed E-state index contributed by atoms with van der Waals surface area (Å²) < 4.78 is 52.0. The van der Waals surface area contributed by atoms with Crippen molar-refractivity contribution in [2.24, 2.45) is 0 Å². The van der Waals surface area contributed by atoms with Crippen LogP contribution in [0.5, 0.6) is 11.5 Å². The smallest absolute Gasteiger partial charge is 0.449 e. The number of piperazine rings is 1. The topological polar surface area (TPSA) is 84.8 Å². The Hall–Kier alpha value is -3.54. The number of urea groups is 1. The summed E-state index contributed by atoms with van der Waals surface area (Å²) in [6.07, 6.45) is -3.12. The molecule has 4 rings (SSSR count). The number of amides is 2. The first-order valence-corrected chi connectivity index (χ1v) is 10.7. The molecule has 0 spiro atoms. The number of carbonyl (C=O) groups excluding carboxylic acids is 1. The zero-order chi connectivity index (χ0) is 24.3. The Labute approximate surface area is 194 Å². The molecule has 3 aromatic rings. The van der Waals surface area contributed by atoms with Crippen molar-refractivity contribution < 1.29 is 27.4 Å². The molecule has 0 atom stereocenters. The summed E-state index contributed by atoms with van der Waals surface area (Å²) >= 11 is 0. The number of ether oxygens (including phenoxy) is 2. The third kappa shape index (κ3) is 5.01. The average molecular weight is 478 g/mol. The summed E-state index contributed by atoms with van der Waals surface area (Å²) in [4.78, 5) is 24.2. The number of anilines is 1. The van der Waals surface area contributed by atoms with Gasteiger partial charge in [0.1, 0.15) is 17.0 Å². The molecule has 0 radical (unpaired) electrons. The molecule has 1 aliphatic heterocycles. The Bertz CT molecular complexity index is 1160. The van der Waals surface area contributed by atoms with Crippen molar-refractivity contribution in [3.63, 3.8) is 0 Å². The number of nitrogens with zero attached hydrogens (tertiary/aromatic N) is 5. The number of methoxy groups -OCH3 is 2. The van der Waals surface area contributed by atoms with Crippen LogP contribution >= 0.6 is 0 Å². The van der Waals surface area contributed by atoms with Gasteiger partial charge in [0, 0.05) is 51.5 Å². The number of fused-ring (bicyclic) bond motifs is 1. The molecule has 12 heteroatoms. The highest BCUT2D eigenvalue weighted by Gasteiger charge is 2.38. The number of carbonyl (C=O) groups is 1. The molecule has 34 heavy (non-hydrogen) atoms. The van der Waals surface area contributed by atoms with Crippen molar-refractivity contribution in [3.05, 3.63) is 42.4 Å². The minimum Gasteiger partial charge on any atom is -0.497 e. The standard InChI is InChI=1S/C22H25F3N6O3/c1-33-15-5-6-18(34-2)17(14-15)28-21(32)30-11-8-29(9-12-30)10-13-31-19-16(4-3-7-26-19)27-20(31)22(23,24)25/h3-7,14H,8-13H2,1-2H3,(H,28,32). The van der Waals surface area contributed by atoms with Crippen molar-refractivity contribution in [1.82, 2.24) is 24.3 Å². The van der Waals surface area contributed by atoms with E-state index in [1.54, 1.807) is 29.2 Å². The first-order valence-electron chi connectivity index (χ1n) is 10.7. The Morgan fingerprint density at radius 2 is 1.85 bits per heavy atom. The second-order valence-electron chi connectivity index (χ2n) is 7.76. The Morgan fingerprint density at radius 3 is 2.53 bits per heavy atom. The number of imidazole rings is 1. The van der Waals surface area contributed by atoms with E-state index in [9.17, 15) is 18.0 Å². The van der Waals surface area contributed by atoms with Crippen LogP contribution in [0.4, 0.5) is 23.7 Å². The number of rotatable bonds is 6. The van der Waals surface area contributed by atoms with Gasteiger partial charge in [0.2, 0.25) is 5.82 Å². The largest absolute Gasteiger partial charge is 0.497 e. The first-order chi connectivity index (χ1) is 16.3. The molecule has 0 aliphatic carbocycles. The summed E-state index contributed by atoms with van der Waals surface area (Å²) in [5.41, 5.74) is 0.915. The predicted molar refractivity (Wildman–Crippen MR) is 119 cm³/mol. The molecule has 182 valence electrons. The lowest BCUT2D eigenvalue weighted by atomic mass is 10.2. The zero-order valence-electron chi connectivity index (χ0n) is 18.8. The fraction of sp³-hybridized carbons (Fsp3) is 0.409. The van der Waals surface area contributed by atoms with Crippen LogP contribution in [0.2, 0.25) is 0 Å². The lowest BCUT2D eigenvalue weighted by Crippen LogP contribution is -2.50. The molecule has 1 N–H and O–H groups in total. The minimum atomic E-state index is -4.57. The highest BCUT2D eigenvalue weighted by molar-refractivity contribution is 5.91. The fourth-order valence-corrected chi connectivity index (χ4v) is 3.91. The third-order valence-electron chi connectivity index (χ3n) is 5.70. The molecule has 0 unspecified atom stereocenters. The van der Waals surface area contributed by atoms with Gasteiger partial charge in [0.25, 0.3) is 0 Å². The summed E-state index contributed by atoms with van der Waals surface area (Å²) in [6, 6.07) is 7.91. The number of nitrogens with one attached hydrogen (secondary N) is 1. The number of hydrogen-bond acceptors (Lipinski definition) is 6. The van der Waals surface area contributed by atoms with Gasteiger partial charge in [0.05, 0.1) is 19.9 Å². The Kier molecular flexibility index (Phi) is 6.77. The van der Waals surface area contributed by atoms with E-state index >= 15 is 0 Å². The van der Waals surface area contributed by atoms with Gasteiger partial charge >= 0.3 is 12.2 Å². The minimum absolute atomic E-state index is 0.0928. The highest BCUT2D eigenvalue weighted by atomic mass is 19.4. The van der Waals surface area contributed by atoms with Crippen LogP contribution in [-0.4, -0.2) is 77.3 Å². The van der Waals surface area contributed by atoms with Gasteiger partial charge in [-0.15, -0.1) is 0 Å². The average Bonchev–Trinajstić information content (AvgIpc) is 3.22. The quantitative estimate of drug-likeness (QED) is 0.585. The number of aromatic nitrogens is 3. The van der Waals surface area contributed by atoms with E-state index in [2.05, 4.69) is 15.3 Å². The normalized spacial score (nSPS) is 14.9. The summed E-state index contributed by atoms with van der Waals surface area (Å²) in [5.74, 6) is 0.140. The van der Waals surface area contributed by atoms with Crippen LogP contribution < -0.4 is 14.8 Å². The summed E-state index contributed by atoms with van der Waals surface area (Å²) in [6.45, 7) is 2.41. The van der Waals surface area contributed by atoms with Gasteiger partial charge in [-0.05, 0) is 24.3 Å². The number of hydrogen-bond donors (Lipinski definition) is 1. The number of pyridine rings is 1. The highest BCUT2D eigenvalue weighted by Crippen LogP contribution is 2.31. The van der Waals surface area contributed by atoms with Crippen molar-refractivity contribution in [3.8, 4) is 11.5 Å². The SMILES string of the molecule is COc1ccc(OC)c(NC(=O)N2CCN(CCn3c(C(F)(F)F)nc4cccnc43)CC2)c1. The molecular formula is C22H25F3N6O3. The van der Waals surface area contributed by atoms with Crippen LogP contribution in [0, 0.1) is 0 Å². The monoisotopic (exact) mass is 478 g/mol. The van der Waals surface area contributed by atoms with Gasteiger partial charge in [0.15, 0.2) is 5.65 Å². The second kappa shape index (κ2) is 9.75. The summed E-state index contributed by atoms with van der Waals surface area (Å²) in [7, 11) is 3.05. The molecule has 1 aromatic carbocycles. The fourth-order valence-electron chi connectivity index (χ4n) is 3.91. The lowest BCUT2D eigenvalue weighted by molar-refractivity contribution is -0.147. The molecule has 3 heterocycles. The molecule has 2 amide bonds. The summed E-state index contributed by atoms with van der Waals surface area (Å²) in [5, 5.41) is 2.84. The van der Waals surface area contributed by atoms with E-state index in [4.69, 9.17) is 9.47 Å². The molecule has 1 saturated heterocycles. The molecule has 9 nitrogen and oxygen atoms in total.